The van der Waals surface area contributed by atoms with E-state index >= 15 is 0 Å². The number of fused-ring (bicyclic) bond motifs is 5. The molecule has 1 aromatic rings. The van der Waals surface area contributed by atoms with Gasteiger partial charge in [0.25, 0.3) is 0 Å². The molecule has 4 rings (SSSR count). The van der Waals surface area contributed by atoms with Crippen LogP contribution < -0.4 is 5.32 Å². The highest BCUT2D eigenvalue weighted by Gasteiger charge is 2.53. The minimum atomic E-state index is 0.724. The van der Waals surface area contributed by atoms with Gasteiger partial charge in [0.1, 0.15) is 0 Å². The van der Waals surface area contributed by atoms with Gasteiger partial charge in [0.05, 0.1) is 11.9 Å². The van der Waals surface area contributed by atoms with E-state index in [9.17, 15) is 0 Å². The predicted molar refractivity (Wildman–Crippen MR) is 63.0 cm³/mol. The zero-order valence-corrected chi connectivity index (χ0v) is 9.52. The molecule has 0 saturated heterocycles. The number of anilines is 1. The average molecular weight is 217 g/mol. The highest BCUT2D eigenvalue weighted by molar-refractivity contribution is 5.39. The summed E-state index contributed by atoms with van der Waals surface area (Å²) in [5, 5.41) is 10.6. The maximum Gasteiger partial charge on any atom is 0.0726 e. The molecule has 2 bridgehead atoms. The van der Waals surface area contributed by atoms with Crippen molar-refractivity contribution in [3.05, 3.63) is 12.4 Å². The number of hydrogen-bond donors (Lipinski definition) is 2. The number of nitrogens with zero attached hydrogens (tertiary/aromatic N) is 1. The van der Waals surface area contributed by atoms with E-state index in [1.807, 2.05) is 12.4 Å². The topological polar surface area (TPSA) is 40.7 Å². The van der Waals surface area contributed by atoms with Crippen LogP contribution in [0.4, 0.5) is 5.69 Å². The summed E-state index contributed by atoms with van der Waals surface area (Å²) in [4.78, 5) is 0. The first-order valence-electron chi connectivity index (χ1n) is 6.67. The van der Waals surface area contributed by atoms with Gasteiger partial charge in [-0.3, -0.25) is 5.10 Å². The molecule has 1 aromatic heterocycles. The summed E-state index contributed by atoms with van der Waals surface area (Å²) >= 11 is 0. The monoisotopic (exact) mass is 217 g/mol. The Labute approximate surface area is 96.0 Å². The third-order valence-electron chi connectivity index (χ3n) is 5.28. The smallest absolute Gasteiger partial charge is 0.0726 e. The van der Waals surface area contributed by atoms with E-state index in [0.717, 1.165) is 29.7 Å². The quantitative estimate of drug-likeness (QED) is 0.799. The third-order valence-corrected chi connectivity index (χ3v) is 5.28. The maximum absolute atomic E-state index is 4.01. The minimum Gasteiger partial charge on any atom is -0.379 e. The zero-order valence-electron chi connectivity index (χ0n) is 9.52. The van der Waals surface area contributed by atoms with E-state index in [4.69, 9.17) is 0 Å². The fourth-order valence-electron chi connectivity index (χ4n) is 4.78. The lowest BCUT2D eigenvalue weighted by Crippen LogP contribution is -2.33. The molecule has 3 saturated carbocycles. The summed E-state index contributed by atoms with van der Waals surface area (Å²) < 4.78 is 0. The summed E-state index contributed by atoms with van der Waals surface area (Å²) in [6.07, 6.45) is 11.3. The number of nitrogens with one attached hydrogen (secondary N) is 2. The predicted octanol–water partition coefficient (Wildman–Crippen LogP) is 2.65. The zero-order chi connectivity index (χ0) is 10.5. The van der Waals surface area contributed by atoms with Crippen LogP contribution in [-0.2, 0) is 0 Å². The molecule has 16 heavy (non-hydrogen) atoms. The summed E-state index contributed by atoms with van der Waals surface area (Å²) in [6.45, 7) is 0. The van der Waals surface area contributed by atoms with Crippen molar-refractivity contribution in [1.29, 1.82) is 0 Å². The fourth-order valence-corrected chi connectivity index (χ4v) is 4.78. The van der Waals surface area contributed by atoms with Crippen LogP contribution in [0.5, 0.6) is 0 Å². The largest absolute Gasteiger partial charge is 0.379 e. The highest BCUT2D eigenvalue weighted by atomic mass is 15.1. The van der Waals surface area contributed by atoms with Gasteiger partial charge >= 0.3 is 0 Å². The fraction of sp³-hybridized carbons (Fsp3) is 0.769. The first-order valence-corrected chi connectivity index (χ1v) is 6.67. The van der Waals surface area contributed by atoms with Crippen LogP contribution >= 0.6 is 0 Å². The molecule has 3 fully saturated rings. The Kier molecular flexibility index (Phi) is 1.85. The molecule has 3 heteroatoms. The van der Waals surface area contributed by atoms with E-state index in [0.29, 0.717) is 0 Å². The van der Waals surface area contributed by atoms with Crippen LogP contribution in [-0.4, -0.2) is 16.2 Å². The van der Waals surface area contributed by atoms with E-state index in [2.05, 4.69) is 15.5 Å². The van der Waals surface area contributed by atoms with E-state index in [1.165, 1.54) is 37.8 Å². The lowest BCUT2D eigenvalue weighted by molar-refractivity contribution is 0.243. The normalized spacial score (nSPS) is 44.9. The minimum absolute atomic E-state index is 0.724. The molecule has 3 aliphatic rings. The Hall–Kier alpha value is -0.990. The number of aromatic nitrogens is 2. The van der Waals surface area contributed by atoms with E-state index < -0.39 is 0 Å². The van der Waals surface area contributed by atoms with Crippen LogP contribution in [0.15, 0.2) is 12.4 Å². The Balaban J connectivity index is 1.52. The number of rotatable bonds is 2. The second kappa shape index (κ2) is 3.25. The van der Waals surface area contributed by atoms with Crippen molar-refractivity contribution in [1.82, 2.24) is 10.2 Å². The van der Waals surface area contributed by atoms with E-state index in [-0.39, 0.29) is 0 Å². The molecule has 0 spiro atoms. The second-order valence-corrected chi connectivity index (χ2v) is 5.89. The number of H-pyrrole nitrogens is 1. The summed E-state index contributed by atoms with van der Waals surface area (Å²) in [5.74, 6) is 4.12. The van der Waals surface area contributed by atoms with Gasteiger partial charge in [-0.1, -0.05) is 6.42 Å². The van der Waals surface area contributed by atoms with E-state index in [1.54, 1.807) is 0 Å². The maximum atomic E-state index is 4.01. The molecular formula is C13H19N3. The van der Waals surface area contributed by atoms with Gasteiger partial charge in [-0.25, -0.2) is 0 Å². The van der Waals surface area contributed by atoms with Crippen molar-refractivity contribution in [2.24, 2.45) is 23.7 Å². The van der Waals surface area contributed by atoms with Gasteiger partial charge in [0, 0.05) is 12.2 Å². The van der Waals surface area contributed by atoms with Gasteiger partial charge < -0.3 is 5.32 Å². The van der Waals surface area contributed by atoms with Crippen molar-refractivity contribution in [3.63, 3.8) is 0 Å². The van der Waals surface area contributed by atoms with Crippen LogP contribution in [0.1, 0.15) is 32.1 Å². The van der Waals surface area contributed by atoms with Crippen molar-refractivity contribution >= 4 is 5.69 Å². The lowest BCUT2D eigenvalue weighted by atomic mass is 9.79. The molecule has 5 atom stereocenters. The summed E-state index contributed by atoms with van der Waals surface area (Å²) in [6, 6.07) is 0.724. The molecule has 3 aliphatic carbocycles. The van der Waals surface area contributed by atoms with Crippen LogP contribution in [0.3, 0.4) is 0 Å². The first-order chi connectivity index (χ1) is 7.92. The van der Waals surface area contributed by atoms with Gasteiger partial charge in [0.2, 0.25) is 0 Å². The number of hydrogen-bond acceptors (Lipinski definition) is 2. The summed E-state index contributed by atoms with van der Waals surface area (Å²) in [5.41, 5.74) is 1.17. The molecule has 3 nitrogen and oxygen atoms in total. The van der Waals surface area contributed by atoms with Crippen molar-refractivity contribution in [2.45, 2.75) is 38.1 Å². The lowest BCUT2D eigenvalue weighted by Gasteiger charge is -2.32. The molecule has 1 heterocycles. The van der Waals surface area contributed by atoms with Crippen LogP contribution in [0.25, 0.3) is 0 Å². The highest BCUT2D eigenvalue weighted by Crippen LogP contribution is 2.59. The second-order valence-electron chi connectivity index (χ2n) is 5.89. The molecule has 86 valence electrons. The summed E-state index contributed by atoms with van der Waals surface area (Å²) in [7, 11) is 0. The van der Waals surface area contributed by atoms with Crippen LogP contribution in [0.2, 0.25) is 0 Å². The van der Waals surface area contributed by atoms with Crippen molar-refractivity contribution < 1.29 is 0 Å². The van der Waals surface area contributed by atoms with Crippen molar-refractivity contribution in [3.8, 4) is 0 Å². The van der Waals surface area contributed by atoms with Gasteiger partial charge in [-0.05, 0) is 49.4 Å². The third kappa shape index (κ3) is 1.17. The Morgan fingerprint density at radius 1 is 1.19 bits per heavy atom. The van der Waals surface area contributed by atoms with Gasteiger partial charge in [-0.15, -0.1) is 0 Å². The average Bonchev–Trinajstić information content (AvgIpc) is 2.99. The number of aromatic amines is 1. The molecule has 2 N–H and O–H groups in total. The molecule has 5 unspecified atom stereocenters. The van der Waals surface area contributed by atoms with Gasteiger partial charge in [-0.2, -0.15) is 5.10 Å². The SMILES string of the molecule is c1n[nH]cc1NC1CC2CC1C1CCCC21. The Morgan fingerprint density at radius 2 is 2.12 bits per heavy atom. The van der Waals surface area contributed by atoms with Crippen LogP contribution in [0, 0.1) is 23.7 Å². The Morgan fingerprint density at radius 3 is 3.00 bits per heavy atom. The molecular weight excluding hydrogens is 198 g/mol. The Bertz CT molecular complexity index is 373. The molecule has 0 radical (unpaired) electrons. The van der Waals surface area contributed by atoms with Gasteiger partial charge in [0.15, 0.2) is 0 Å². The van der Waals surface area contributed by atoms with Crippen molar-refractivity contribution in [2.75, 3.05) is 5.32 Å². The molecule has 0 aliphatic heterocycles. The molecule has 0 aromatic carbocycles. The molecule has 0 amide bonds. The standard InChI is InChI=1S/C13H19N3/c1-2-10-8-4-12(11(10)3-1)13(5-8)16-9-6-14-15-7-9/h6-8,10-13,16H,1-5H2,(H,14,15). The first kappa shape index (κ1) is 9.08.